The lowest BCUT2D eigenvalue weighted by Gasteiger charge is -2.08. The minimum Gasteiger partial charge on any atom is -0.266 e. The first-order valence-corrected chi connectivity index (χ1v) is 8.33. The second kappa shape index (κ2) is 6.90. The van der Waals surface area contributed by atoms with Gasteiger partial charge in [-0.1, -0.05) is 12.2 Å². The Morgan fingerprint density at radius 3 is 2.17 bits per heavy atom. The molecular weight excluding hydrogens is 296 g/mol. The van der Waals surface area contributed by atoms with Gasteiger partial charge in [0.15, 0.2) is 0 Å². The van der Waals surface area contributed by atoms with Gasteiger partial charge < -0.3 is 0 Å². The van der Waals surface area contributed by atoms with Crippen LogP contribution >= 0.6 is 0 Å². The highest BCUT2D eigenvalue weighted by atomic mass is 15.3. The predicted octanol–water partition coefficient (Wildman–Crippen LogP) is 3.98. The van der Waals surface area contributed by atoms with Crippen LogP contribution in [0.3, 0.4) is 0 Å². The summed E-state index contributed by atoms with van der Waals surface area (Å²) in [6.07, 6.45) is 9.43. The number of aromatic nitrogens is 4. The molecule has 1 aliphatic rings. The molecule has 3 rings (SSSR count). The molecule has 0 aliphatic heterocycles. The van der Waals surface area contributed by atoms with Crippen LogP contribution in [0.4, 0.5) is 0 Å². The van der Waals surface area contributed by atoms with Crippen LogP contribution < -0.4 is 0 Å². The van der Waals surface area contributed by atoms with Gasteiger partial charge in [-0.05, 0) is 64.0 Å². The molecule has 0 amide bonds. The second-order valence-electron chi connectivity index (χ2n) is 6.43. The van der Waals surface area contributed by atoms with Gasteiger partial charge in [-0.3, -0.25) is 9.36 Å². The van der Waals surface area contributed by atoms with E-state index >= 15 is 0 Å². The largest absolute Gasteiger partial charge is 0.266 e. The minimum atomic E-state index is 0.757. The van der Waals surface area contributed by atoms with Gasteiger partial charge in [-0.15, -0.1) is 5.73 Å². The SMILES string of the molecule is Cc1cc(C)n(CC2=C=CC/C(Cn3nc(C)cc3C)=C\C=C/2)n1. The molecule has 1 aliphatic carbocycles. The Labute approximate surface area is 143 Å². The third-order valence-corrected chi connectivity index (χ3v) is 4.16. The molecule has 0 aromatic carbocycles. The highest BCUT2D eigenvalue weighted by molar-refractivity contribution is 5.28. The van der Waals surface area contributed by atoms with E-state index in [9.17, 15) is 0 Å². The van der Waals surface area contributed by atoms with Crippen molar-refractivity contribution in [2.24, 2.45) is 0 Å². The molecule has 4 heteroatoms. The van der Waals surface area contributed by atoms with Crippen LogP contribution in [-0.2, 0) is 13.1 Å². The average Bonchev–Trinajstić information content (AvgIpc) is 2.96. The monoisotopic (exact) mass is 320 g/mol. The normalized spacial score (nSPS) is 17.8. The summed E-state index contributed by atoms with van der Waals surface area (Å²) in [4.78, 5) is 0. The number of rotatable bonds is 4. The molecule has 2 heterocycles. The van der Waals surface area contributed by atoms with E-state index in [2.05, 4.69) is 70.9 Å². The molecule has 0 N–H and O–H groups in total. The molecule has 0 saturated carbocycles. The summed E-state index contributed by atoms with van der Waals surface area (Å²) in [5.74, 6) is 0. The van der Waals surface area contributed by atoms with Gasteiger partial charge in [0, 0.05) is 17.0 Å². The fourth-order valence-electron chi connectivity index (χ4n) is 2.97. The zero-order valence-corrected chi connectivity index (χ0v) is 14.9. The lowest BCUT2D eigenvalue weighted by atomic mass is 10.1. The van der Waals surface area contributed by atoms with Crippen LogP contribution in [0.15, 0.2) is 53.3 Å². The van der Waals surface area contributed by atoms with E-state index in [4.69, 9.17) is 0 Å². The van der Waals surface area contributed by atoms with Crippen LogP contribution in [0, 0.1) is 27.7 Å². The molecule has 0 fully saturated rings. The fourth-order valence-corrected chi connectivity index (χ4v) is 2.97. The first-order chi connectivity index (χ1) is 11.5. The molecule has 124 valence electrons. The van der Waals surface area contributed by atoms with Gasteiger partial charge >= 0.3 is 0 Å². The Morgan fingerprint density at radius 1 is 0.958 bits per heavy atom. The van der Waals surface area contributed by atoms with Crippen molar-refractivity contribution in [1.82, 2.24) is 19.6 Å². The van der Waals surface area contributed by atoms with Crippen molar-refractivity contribution in [3.63, 3.8) is 0 Å². The number of aryl methyl sites for hydroxylation is 4. The van der Waals surface area contributed by atoms with Crippen LogP contribution in [0.2, 0.25) is 0 Å². The van der Waals surface area contributed by atoms with Crippen molar-refractivity contribution in [2.45, 2.75) is 47.2 Å². The molecule has 2 aromatic rings. The van der Waals surface area contributed by atoms with Crippen LogP contribution in [0.1, 0.15) is 29.2 Å². The molecule has 0 saturated heterocycles. The maximum absolute atomic E-state index is 4.54. The van der Waals surface area contributed by atoms with Gasteiger partial charge in [0.05, 0.1) is 24.5 Å². The highest BCUT2D eigenvalue weighted by Crippen LogP contribution is 2.14. The summed E-state index contributed by atoms with van der Waals surface area (Å²) >= 11 is 0. The van der Waals surface area contributed by atoms with Gasteiger partial charge in [0.1, 0.15) is 0 Å². The third-order valence-electron chi connectivity index (χ3n) is 4.16. The van der Waals surface area contributed by atoms with Crippen molar-refractivity contribution in [3.05, 3.63) is 76.1 Å². The molecular formula is C20H24N4. The quantitative estimate of drug-likeness (QED) is 0.799. The van der Waals surface area contributed by atoms with E-state index in [1.54, 1.807) is 0 Å². The maximum atomic E-state index is 4.54. The lowest BCUT2D eigenvalue weighted by Crippen LogP contribution is -2.06. The Balaban J connectivity index is 1.71. The van der Waals surface area contributed by atoms with Gasteiger partial charge in [0.25, 0.3) is 0 Å². The maximum Gasteiger partial charge on any atom is 0.0734 e. The summed E-state index contributed by atoms with van der Waals surface area (Å²) in [5, 5.41) is 9.06. The Morgan fingerprint density at radius 2 is 1.58 bits per heavy atom. The number of hydrogen-bond acceptors (Lipinski definition) is 2. The summed E-state index contributed by atoms with van der Waals surface area (Å²) in [6.45, 7) is 9.83. The zero-order chi connectivity index (χ0) is 17.1. The van der Waals surface area contributed by atoms with Crippen LogP contribution in [-0.4, -0.2) is 19.6 Å². The Kier molecular flexibility index (Phi) is 4.68. The average molecular weight is 320 g/mol. The number of hydrogen-bond donors (Lipinski definition) is 0. The first-order valence-electron chi connectivity index (χ1n) is 8.33. The summed E-state index contributed by atoms with van der Waals surface area (Å²) in [7, 11) is 0. The Hall–Kier alpha value is -2.58. The standard InChI is InChI=1S/C20H24N4/c1-15-11-17(3)23(21-15)13-19-7-5-9-20(10-6-8-19)14-24-18(4)12-16(2)22-24/h5-7,9,11-12H,8,13-14H2,1-4H3/b9-5-,19-7+. The van der Waals surface area contributed by atoms with E-state index in [0.717, 1.165) is 36.5 Å². The van der Waals surface area contributed by atoms with Crippen molar-refractivity contribution in [1.29, 1.82) is 0 Å². The van der Waals surface area contributed by atoms with Crippen molar-refractivity contribution in [2.75, 3.05) is 0 Å². The van der Waals surface area contributed by atoms with Gasteiger partial charge in [-0.2, -0.15) is 10.2 Å². The summed E-state index contributed by atoms with van der Waals surface area (Å²) in [6, 6.07) is 4.21. The molecule has 4 nitrogen and oxygen atoms in total. The smallest absolute Gasteiger partial charge is 0.0734 e. The van der Waals surface area contributed by atoms with E-state index in [1.807, 2.05) is 18.5 Å². The zero-order valence-electron chi connectivity index (χ0n) is 14.9. The van der Waals surface area contributed by atoms with Crippen molar-refractivity contribution in [3.8, 4) is 0 Å². The first kappa shape index (κ1) is 16.3. The van der Waals surface area contributed by atoms with Gasteiger partial charge in [0.2, 0.25) is 0 Å². The van der Waals surface area contributed by atoms with E-state index in [0.29, 0.717) is 0 Å². The van der Waals surface area contributed by atoms with Crippen molar-refractivity contribution < 1.29 is 0 Å². The minimum absolute atomic E-state index is 0.757. The van der Waals surface area contributed by atoms with E-state index < -0.39 is 0 Å². The molecule has 2 aromatic heterocycles. The second-order valence-corrected chi connectivity index (χ2v) is 6.43. The molecule has 0 atom stereocenters. The topological polar surface area (TPSA) is 35.6 Å². The molecule has 0 spiro atoms. The third kappa shape index (κ3) is 3.84. The van der Waals surface area contributed by atoms with Crippen LogP contribution in [0.5, 0.6) is 0 Å². The molecule has 0 bridgehead atoms. The lowest BCUT2D eigenvalue weighted by molar-refractivity contribution is 0.642. The number of nitrogens with zero attached hydrogens (tertiary/aromatic N) is 4. The number of allylic oxidation sites excluding steroid dienone is 5. The van der Waals surface area contributed by atoms with Gasteiger partial charge in [-0.25, -0.2) is 0 Å². The fraction of sp³-hybridized carbons (Fsp3) is 0.350. The highest BCUT2D eigenvalue weighted by Gasteiger charge is 2.05. The predicted molar refractivity (Wildman–Crippen MR) is 96.8 cm³/mol. The van der Waals surface area contributed by atoms with Crippen molar-refractivity contribution >= 4 is 0 Å². The summed E-state index contributed by atoms with van der Waals surface area (Å²) in [5.41, 5.74) is 10.4. The summed E-state index contributed by atoms with van der Waals surface area (Å²) < 4.78 is 4.09. The van der Waals surface area contributed by atoms with E-state index in [-0.39, 0.29) is 0 Å². The molecule has 0 unspecified atom stereocenters. The molecule has 24 heavy (non-hydrogen) atoms. The Bertz CT molecular complexity index is 868. The van der Waals surface area contributed by atoms with E-state index in [1.165, 1.54) is 17.0 Å². The molecule has 0 radical (unpaired) electrons. The van der Waals surface area contributed by atoms with Crippen LogP contribution in [0.25, 0.3) is 0 Å².